The van der Waals surface area contributed by atoms with E-state index in [2.05, 4.69) is 10.3 Å². The Morgan fingerprint density at radius 3 is 2.94 bits per heavy atom. The third kappa shape index (κ3) is 2.71. The van der Waals surface area contributed by atoms with Crippen molar-refractivity contribution < 1.29 is 9.84 Å². The molecule has 1 fully saturated rings. The summed E-state index contributed by atoms with van der Waals surface area (Å²) in [5.74, 6) is 0.741. The molecule has 1 heterocycles. The van der Waals surface area contributed by atoms with Crippen molar-refractivity contribution in [2.24, 2.45) is 0 Å². The zero-order valence-corrected chi connectivity index (χ0v) is 9.52. The molecule has 1 aromatic rings. The van der Waals surface area contributed by atoms with Crippen molar-refractivity contribution in [3.05, 3.63) is 24.0 Å². The summed E-state index contributed by atoms with van der Waals surface area (Å²) in [6, 6.07) is 3.85. The molecular formula is C12H18N2O2. The summed E-state index contributed by atoms with van der Waals surface area (Å²) in [7, 11) is 1.89. The first-order valence-corrected chi connectivity index (χ1v) is 5.74. The van der Waals surface area contributed by atoms with Crippen molar-refractivity contribution in [2.45, 2.75) is 38.0 Å². The lowest BCUT2D eigenvalue weighted by Crippen LogP contribution is -2.25. The zero-order valence-electron chi connectivity index (χ0n) is 9.52. The highest BCUT2D eigenvalue weighted by atomic mass is 16.5. The topological polar surface area (TPSA) is 54.4 Å². The summed E-state index contributed by atoms with van der Waals surface area (Å²) in [6.07, 6.45) is 4.15. The van der Waals surface area contributed by atoms with Crippen LogP contribution in [0.25, 0.3) is 0 Å². The maximum Gasteiger partial charge on any atom is 0.138 e. The molecule has 1 aromatic heterocycles. The number of nitrogens with one attached hydrogen (secondary N) is 1. The fourth-order valence-electron chi connectivity index (χ4n) is 1.99. The quantitative estimate of drug-likeness (QED) is 0.801. The predicted molar refractivity (Wildman–Crippen MR) is 61.3 cm³/mol. The average molecular weight is 222 g/mol. The summed E-state index contributed by atoms with van der Waals surface area (Å²) >= 11 is 0. The molecule has 4 heteroatoms. The Kier molecular flexibility index (Phi) is 3.74. The van der Waals surface area contributed by atoms with Crippen LogP contribution in [0, 0.1) is 0 Å². The highest BCUT2D eigenvalue weighted by Crippen LogP contribution is 2.24. The van der Waals surface area contributed by atoms with Gasteiger partial charge in [0.05, 0.1) is 18.0 Å². The largest absolute Gasteiger partial charge is 0.486 e. The first-order chi connectivity index (χ1) is 7.79. The molecule has 88 valence electrons. The van der Waals surface area contributed by atoms with Gasteiger partial charge in [-0.15, -0.1) is 0 Å². The maximum atomic E-state index is 9.63. The van der Waals surface area contributed by atoms with Crippen molar-refractivity contribution in [3.63, 3.8) is 0 Å². The van der Waals surface area contributed by atoms with Gasteiger partial charge in [-0.1, -0.05) is 0 Å². The first kappa shape index (κ1) is 11.4. The standard InChI is InChI=1S/C12H18N2O2/c1-13-7-9-5-6-10(8-14-9)16-12-4-2-3-11(12)15/h5-6,8,11-13,15H,2-4,7H2,1H3. The average Bonchev–Trinajstić information content (AvgIpc) is 2.68. The third-order valence-electron chi connectivity index (χ3n) is 2.86. The fourth-order valence-corrected chi connectivity index (χ4v) is 1.99. The van der Waals surface area contributed by atoms with E-state index in [1.165, 1.54) is 0 Å². The molecule has 0 amide bonds. The molecule has 0 saturated heterocycles. The molecule has 1 aliphatic rings. The Balaban J connectivity index is 1.94. The summed E-state index contributed by atoms with van der Waals surface area (Å²) in [4.78, 5) is 4.27. The second-order valence-electron chi connectivity index (χ2n) is 4.17. The Hall–Kier alpha value is -1.13. The molecule has 1 saturated carbocycles. The van der Waals surface area contributed by atoms with Crippen LogP contribution in [0.4, 0.5) is 0 Å². The van der Waals surface area contributed by atoms with Crippen LogP contribution in [0.2, 0.25) is 0 Å². The number of nitrogens with zero attached hydrogens (tertiary/aromatic N) is 1. The van der Waals surface area contributed by atoms with E-state index >= 15 is 0 Å². The van der Waals surface area contributed by atoms with E-state index in [9.17, 15) is 5.11 Å². The van der Waals surface area contributed by atoms with Gasteiger partial charge >= 0.3 is 0 Å². The van der Waals surface area contributed by atoms with Crippen LogP contribution in [-0.4, -0.2) is 29.3 Å². The molecule has 0 aliphatic heterocycles. The van der Waals surface area contributed by atoms with Gasteiger partial charge in [-0.3, -0.25) is 4.98 Å². The van der Waals surface area contributed by atoms with Gasteiger partial charge < -0.3 is 15.2 Å². The minimum atomic E-state index is -0.322. The third-order valence-corrected chi connectivity index (χ3v) is 2.86. The number of aliphatic hydroxyl groups excluding tert-OH is 1. The Labute approximate surface area is 95.7 Å². The van der Waals surface area contributed by atoms with E-state index < -0.39 is 0 Å². The van der Waals surface area contributed by atoms with Gasteiger partial charge in [0.2, 0.25) is 0 Å². The number of hydrogen-bond acceptors (Lipinski definition) is 4. The summed E-state index contributed by atoms with van der Waals surface area (Å²) in [5, 5.41) is 12.7. The summed E-state index contributed by atoms with van der Waals surface area (Å²) < 4.78 is 5.69. The molecule has 0 radical (unpaired) electrons. The van der Waals surface area contributed by atoms with Crippen LogP contribution >= 0.6 is 0 Å². The molecular weight excluding hydrogens is 204 g/mol. The zero-order chi connectivity index (χ0) is 11.4. The fraction of sp³-hybridized carbons (Fsp3) is 0.583. The van der Waals surface area contributed by atoms with Crippen LogP contribution in [-0.2, 0) is 6.54 Å². The Morgan fingerprint density at radius 2 is 2.38 bits per heavy atom. The normalized spacial score (nSPS) is 24.6. The van der Waals surface area contributed by atoms with Gasteiger partial charge in [-0.05, 0) is 38.4 Å². The van der Waals surface area contributed by atoms with Crippen LogP contribution < -0.4 is 10.1 Å². The molecule has 2 rings (SSSR count). The van der Waals surface area contributed by atoms with E-state index in [4.69, 9.17) is 4.74 Å². The Morgan fingerprint density at radius 1 is 1.50 bits per heavy atom. The molecule has 0 aromatic carbocycles. The van der Waals surface area contributed by atoms with Gasteiger partial charge in [-0.25, -0.2) is 0 Å². The van der Waals surface area contributed by atoms with Crippen molar-refractivity contribution in [2.75, 3.05) is 7.05 Å². The minimum absolute atomic E-state index is 0.0584. The molecule has 4 nitrogen and oxygen atoms in total. The number of aromatic nitrogens is 1. The lowest BCUT2D eigenvalue weighted by Gasteiger charge is -2.16. The number of rotatable bonds is 4. The smallest absolute Gasteiger partial charge is 0.138 e. The van der Waals surface area contributed by atoms with Gasteiger partial charge in [0.25, 0.3) is 0 Å². The highest BCUT2D eigenvalue weighted by Gasteiger charge is 2.26. The monoisotopic (exact) mass is 222 g/mol. The van der Waals surface area contributed by atoms with Gasteiger partial charge in [0, 0.05) is 6.54 Å². The maximum absolute atomic E-state index is 9.63. The predicted octanol–water partition coefficient (Wildman–Crippen LogP) is 1.09. The van der Waals surface area contributed by atoms with Gasteiger partial charge in [0.15, 0.2) is 0 Å². The lowest BCUT2D eigenvalue weighted by molar-refractivity contribution is 0.0601. The van der Waals surface area contributed by atoms with E-state index in [1.54, 1.807) is 6.20 Å². The second kappa shape index (κ2) is 5.27. The molecule has 2 unspecified atom stereocenters. The number of aliphatic hydroxyl groups is 1. The first-order valence-electron chi connectivity index (χ1n) is 5.74. The van der Waals surface area contributed by atoms with Crippen molar-refractivity contribution in [3.8, 4) is 5.75 Å². The highest BCUT2D eigenvalue weighted by molar-refractivity contribution is 5.20. The number of hydrogen-bond donors (Lipinski definition) is 2. The minimum Gasteiger partial charge on any atom is -0.486 e. The van der Waals surface area contributed by atoms with E-state index in [1.807, 2.05) is 19.2 Å². The van der Waals surface area contributed by atoms with Crippen LogP contribution in [0.1, 0.15) is 25.0 Å². The lowest BCUT2D eigenvalue weighted by atomic mass is 10.2. The second-order valence-corrected chi connectivity index (χ2v) is 4.17. The van der Waals surface area contributed by atoms with E-state index in [0.29, 0.717) is 0 Å². The molecule has 2 N–H and O–H groups in total. The van der Waals surface area contributed by atoms with Gasteiger partial charge in [-0.2, -0.15) is 0 Å². The number of ether oxygens (including phenoxy) is 1. The molecule has 0 spiro atoms. The number of pyridine rings is 1. The van der Waals surface area contributed by atoms with E-state index in [0.717, 1.165) is 37.3 Å². The molecule has 16 heavy (non-hydrogen) atoms. The van der Waals surface area contributed by atoms with E-state index in [-0.39, 0.29) is 12.2 Å². The van der Waals surface area contributed by atoms with Crippen molar-refractivity contribution in [1.29, 1.82) is 0 Å². The SMILES string of the molecule is CNCc1ccc(OC2CCCC2O)cn1. The van der Waals surface area contributed by atoms with Gasteiger partial charge in [0.1, 0.15) is 11.9 Å². The summed E-state index contributed by atoms with van der Waals surface area (Å²) in [5.41, 5.74) is 0.988. The molecule has 2 atom stereocenters. The van der Waals surface area contributed by atoms with Crippen LogP contribution in [0.15, 0.2) is 18.3 Å². The van der Waals surface area contributed by atoms with Crippen LogP contribution in [0.5, 0.6) is 5.75 Å². The Bertz CT molecular complexity index is 326. The van der Waals surface area contributed by atoms with Crippen molar-refractivity contribution >= 4 is 0 Å². The summed E-state index contributed by atoms with van der Waals surface area (Å²) in [6.45, 7) is 0.756. The molecule has 0 bridgehead atoms. The van der Waals surface area contributed by atoms with Crippen molar-refractivity contribution in [1.82, 2.24) is 10.3 Å². The molecule has 1 aliphatic carbocycles. The van der Waals surface area contributed by atoms with Crippen LogP contribution in [0.3, 0.4) is 0 Å².